The molecule has 0 spiro atoms. The maximum Gasteiger partial charge on any atom is 0.472 e. The molecule has 2 heterocycles. The van der Waals surface area contributed by atoms with Gasteiger partial charge in [-0.05, 0) is 57.3 Å². The van der Waals surface area contributed by atoms with E-state index >= 15 is 0 Å². The van der Waals surface area contributed by atoms with Crippen LogP contribution in [0.15, 0.2) is 12.2 Å². The van der Waals surface area contributed by atoms with E-state index in [0.717, 1.165) is 128 Å². The Labute approximate surface area is 699 Å². The maximum absolute atomic E-state index is 14.9. The Bertz CT molecular complexity index is 2480. The summed E-state index contributed by atoms with van der Waals surface area (Å²) in [5, 5.41) is 102. The van der Waals surface area contributed by atoms with Crippen LogP contribution in [0.4, 0.5) is 0 Å². The van der Waals surface area contributed by atoms with E-state index in [2.05, 4.69) is 46.8 Å². The molecule has 0 amide bonds. The van der Waals surface area contributed by atoms with Gasteiger partial charge in [-0.3, -0.25) is 28.2 Å². The standard InChI is InChI=1S/C90H167O25P/c1-6-10-14-18-22-25-28-31-32-35-38-41-44-51-57-63-75(94)109-70(66-106-73(92)61-55-49-42-39-36-33-29-26-23-19-15-11-7-2)67-108-116(104,105)115-88-86(113-89-83(102)79(98)77(96)71(65-91)110-89)82(101)81(100)85(112-76(95)64-58-52-46-45-48-54-60-69(5)59-53-47-21-17-13-9-4)87(88)114-90-84(103)80(99)78(97)72(111-90)68-107-74(93)62-56-50-43-40-37-34-30-27-24-20-16-12-8-3/h33,36,69-72,77-91,96-103H,6-32,34-35,37-68H2,1-5H3,(H,104,105)/b36-33-. The fourth-order valence-electron chi connectivity index (χ4n) is 15.6. The summed E-state index contributed by atoms with van der Waals surface area (Å²) >= 11 is 0. The van der Waals surface area contributed by atoms with E-state index in [-0.39, 0.29) is 25.7 Å². The number of phosphoric ester groups is 1. The summed E-state index contributed by atoms with van der Waals surface area (Å²) in [4.78, 5) is 66.4. The van der Waals surface area contributed by atoms with Crippen molar-refractivity contribution in [2.75, 3.05) is 26.4 Å². The van der Waals surface area contributed by atoms with Gasteiger partial charge in [-0.1, -0.05) is 336 Å². The van der Waals surface area contributed by atoms with Crippen LogP contribution in [-0.2, 0) is 70.7 Å². The molecule has 116 heavy (non-hydrogen) atoms. The van der Waals surface area contributed by atoms with Gasteiger partial charge in [-0.25, -0.2) is 4.57 Å². The van der Waals surface area contributed by atoms with Gasteiger partial charge in [0.05, 0.1) is 13.2 Å². The Hall–Kier alpha value is -2.79. The second kappa shape index (κ2) is 68.6. The number of carbonyl (C=O) groups is 4. The third-order valence-corrected chi connectivity index (χ3v) is 24.2. The molecule has 2 saturated heterocycles. The molecule has 25 nitrogen and oxygen atoms in total. The summed E-state index contributed by atoms with van der Waals surface area (Å²) in [6, 6.07) is 0. The number of allylic oxidation sites excluding steroid dienone is 2. The Balaban J connectivity index is 1.93. The zero-order chi connectivity index (χ0) is 84.8. The van der Waals surface area contributed by atoms with Gasteiger partial charge >= 0.3 is 31.7 Å². The minimum atomic E-state index is -5.81. The molecule has 19 unspecified atom stereocenters. The topological polar surface area (TPSA) is 380 Å². The number of unbranched alkanes of at least 4 members (excludes halogenated alkanes) is 45. The zero-order valence-corrected chi connectivity index (χ0v) is 73.6. The molecule has 0 aromatic carbocycles. The van der Waals surface area contributed by atoms with Crippen LogP contribution >= 0.6 is 7.82 Å². The van der Waals surface area contributed by atoms with E-state index < -0.39 is 162 Å². The first kappa shape index (κ1) is 107. The molecule has 0 radical (unpaired) electrons. The number of hydrogen-bond acceptors (Lipinski definition) is 24. The van der Waals surface area contributed by atoms with E-state index in [9.17, 15) is 74.6 Å². The highest BCUT2D eigenvalue weighted by Crippen LogP contribution is 2.49. The predicted octanol–water partition coefficient (Wildman–Crippen LogP) is 17.0. The van der Waals surface area contributed by atoms with Crippen LogP contribution in [0.5, 0.6) is 0 Å². The molecular weight excluding hydrogens is 1510 g/mol. The molecule has 10 N–H and O–H groups in total. The van der Waals surface area contributed by atoms with Crippen molar-refractivity contribution >= 4 is 31.7 Å². The summed E-state index contributed by atoms with van der Waals surface area (Å²) in [6.07, 6.45) is 25.1. The third-order valence-electron chi connectivity index (χ3n) is 23.2. The van der Waals surface area contributed by atoms with Gasteiger partial charge in [0.2, 0.25) is 0 Å². The fourth-order valence-corrected chi connectivity index (χ4v) is 16.6. The highest BCUT2D eigenvalue weighted by Gasteiger charge is 2.60. The lowest BCUT2D eigenvalue weighted by molar-refractivity contribution is -0.360. The van der Waals surface area contributed by atoms with E-state index in [0.29, 0.717) is 38.0 Å². The lowest BCUT2D eigenvalue weighted by Crippen LogP contribution is -2.70. The van der Waals surface area contributed by atoms with Gasteiger partial charge in [0.1, 0.15) is 92.6 Å². The van der Waals surface area contributed by atoms with Gasteiger partial charge in [0.25, 0.3) is 0 Å². The quantitative estimate of drug-likeness (QED) is 0.00889. The summed E-state index contributed by atoms with van der Waals surface area (Å²) in [6.45, 7) is 7.88. The van der Waals surface area contributed by atoms with Crippen LogP contribution in [0.1, 0.15) is 401 Å². The third kappa shape index (κ3) is 48.9. The first-order valence-electron chi connectivity index (χ1n) is 46.8. The lowest BCUT2D eigenvalue weighted by Gasteiger charge is -2.50. The molecule has 3 aliphatic rings. The molecule has 19 atom stereocenters. The number of esters is 4. The fraction of sp³-hybridized carbons (Fsp3) is 0.933. The van der Waals surface area contributed by atoms with Crippen LogP contribution in [0.25, 0.3) is 0 Å². The predicted molar refractivity (Wildman–Crippen MR) is 449 cm³/mol. The van der Waals surface area contributed by atoms with Crippen molar-refractivity contribution in [1.82, 2.24) is 0 Å². The molecular formula is C90H167O25P. The SMILES string of the molecule is CCCCCCCC/C=C\CCCCCC(=O)OCC(COP(=O)(O)OC1C(OC2OC(CO)C(O)C(O)C2O)C(O)C(O)C(OC(=O)CCCCCCCCC(C)CCCCCCCC)C1OC1OC(COC(=O)CCCCCCCCCCCCCCC)C(O)C(O)C1O)OC(=O)CCCCCCCCCCCCCCCCC. The van der Waals surface area contributed by atoms with Gasteiger partial charge in [-0.15, -0.1) is 0 Å². The first-order chi connectivity index (χ1) is 56.1. The number of carbonyl (C=O) groups excluding carboxylic acids is 4. The van der Waals surface area contributed by atoms with Gasteiger partial charge < -0.3 is 88.7 Å². The Morgan fingerprint density at radius 1 is 0.362 bits per heavy atom. The number of aliphatic hydroxyl groups excluding tert-OH is 9. The minimum Gasteiger partial charge on any atom is -0.463 e. The molecule has 682 valence electrons. The molecule has 0 aromatic heterocycles. The molecule has 1 aliphatic carbocycles. The van der Waals surface area contributed by atoms with Crippen molar-refractivity contribution in [2.45, 2.75) is 505 Å². The van der Waals surface area contributed by atoms with E-state index in [1.807, 2.05) is 0 Å². The van der Waals surface area contributed by atoms with Crippen LogP contribution in [0.3, 0.4) is 0 Å². The summed E-state index contributed by atoms with van der Waals surface area (Å²) in [7, 11) is -5.81. The van der Waals surface area contributed by atoms with Crippen LogP contribution < -0.4 is 0 Å². The van der Waals surface area contributed by atoms with Crippen molar-refractivity contribution in [1.29, 1.82) is 0 Å². The zero-order valence-electron chi connectivity index (χ0n) is 72.7. The van der Waals surface area contributed by atoms with Crippen LogP contribution in [0.2, 0.25) is 0 Å². The monoisotopic (exact) mass is 1680 g/mol. The van der Waals surface area contributed by atoms with Crippen molar-refractivity contribution in [3.05, 3.63) is 12.2 Å². The van der Waals surface area contributed by atoms with Crippen LogP contribution in [0, 0.1) is 5.92 Å². The molecule has 2 aliphatic heterocycles. The summed E-state index contributed by atoms with van der Waals surface area (Å²) in [5.41, 5.74) is 0. The molecule has 0 bridgehead atoms. The largest absolute Gasteiger partial charge is 0.472 e. The normalized spacial score (nSPS) is 25.4. The lowest BCUT2D eigenvalue weighted by atomic mass is 9.84. The average Bonchev–Trinajstić information content (AvgIpc) is 0.754. The molecule has 3 rings (SSSR count). The van der Waals surface area contributed by atoms with E-state index in [1.54, 1.807) is 0 Å². The molecule has 0 aromatic rings. The highest BCUT2D eigenvalue weighted by molar-refractivity contribution is 7.47. The summed E-state index contributed by atoms with van der Waals surface area (Å²) in [5.74, 6) is -2.35. The highest BCUT2D eigenvalue weighted by atomic mass is 31.2. The number of phosphoric acid groups is 1. The van der Waals surface area contributed by atoms with Crippen molar-refractivity contribution < 1.29 is 122 Å². The Morgan fingerprint density at radius 2 is 0.698 bits per heavy atom. The van der Waals surface area contributed by atoms with Crippen molar-refractivity contribution in [2.24, 2.45) is 5.92 Å². The number of ether oxygens (including phenoxy) is 8. The Morgan fingerprint density at radius 3 is 1.12 bits per heavy atom. The van der Waals surface area contributed by atoms with E-state index in [1.165, 1.54) is 180 Å². The van der Waals surface area contributed by atoms with Crippen molar-refractivity contribution in [3.63, 3.8) is 0 Å². The second-order valence-electron chi connectivity index (χ2n) is 33.8. The van der Waals surface area contributed by atoms with Gasteiger partial charge in [-0.2, -0.15) is 0 Å². The van der Waals surface area contributed by atoms with E-state index in [4.69, 9.17) is 46.9 Å². The molecule has 3 fully saturated rings. The minimum absolute atomic E-state index is 0.0162. The first-order valence-corrected chi connectivity index (χ1v) is 48.3. The van der Waals surface area contributed by atoms with Gasteiger partial charge in [0, 0.05) is 25.7 Å². The number of hydrogen-bond donors (Lipinski definition) is 10. The average molecular weight is 1680 g/mol. The van der Waals surface area contributed by atoms with Crippen LogP contribution in [-0.4, -0.2) is 205 Å². The smallest absolute Gasteiger partial charge is 0.463 e. The molecule has 26 heteroatoms. The van der Waals surface area contributed by atoms with Gasteiger partial charge in [0.15, 0.2) is 24.8 Å². The number of aliphatic hydroxyl groups is 9. The summed E-state index contributed by atoms with van der Waals surface area (Å²) < 4.78 is 73.4. The maximum atomic E-state index is 14.9. The Kier molecular flexibility index (Phi) is 63.5. The molecule has 1 saturated carbocycles. The second-order valence-corrected chi connectivity index (χ2v) is 35.2. The van der Waals surface area contributed by atoms with Crippen molar-refractivity contribution in [3.8, 4) is 0 Å². The number of rotatable bonds is 75.